The second-order valence-corrected chi connectivity index (χ2v) is 6.43. The number of ether oxygens (including phenoxy) is 1. The van der Waals surface area contributed by atoms with Crippen molar-refractivity contribution in [2.45, 2.75) is 45.7 Å². The van der Waals surface area contributed by atoms with Crippen LogP contribution >= 0.6 is 0 Å². The van der Waals surface area contributed by atoms with E-state index < -0.39 is 0 Å². The third-order valence-corrected chi connectivity index (χ3v) is 4.57. The fourth-order valence-corrected chi connectivity index (χ4v) is 3.03. The van der Waals surface area contributed by atoms with E-state index in [1.54, 1.807) is 16.9 Å². The molecule has 6 heteroatoms. The van der Waals surface area contributed by atoms with Crippen LogP contribution in [0.2, 0.25) is 0 Å². The van der Waals surface area contributed by atoms with E-state index in [4.69, 9.17) is 4.74 Å². The Hall–Kier alpha value is -2.24. The predicted molar refractivity (Wildman–Crippen MR) is 97.5 cm³/mol. The van der Waals surface area contributed by atoms with Crippen LogP contribution in [0, 0.1) is 0 Å². The summed E-state index contributed by atoms with van der Waals surface area (Å²) in [4.78, 5) is 28.2. The molecule has 138 valence electrons. The number of hydrogen-bond donors (Lipinski definition) is 1. The molecule has 6 nitrogen and oxygen atoms in total. The summed E-state index contributed by atoms with van der Waals surface area (Å²) in [6.07, 6.45) is 2.90. The summed E-state index contributed by atoms with van der Waals surface area (Å²) in [7, 11) is 1.63. The Kier molecular flexibility index (Phi) is 7.10. The minimum atomic E-state index is -0.130. The lowest BCUT2D eigenvalue weighted by atomic mass is 10.1. The zero-order valence-electron chi connectivity index (χ0n) is 15.5. The first kappa shape index (κ1) is 19.1. The van der Waals surface area contributed by atoms with Crippen LogP contribution < -0.4 is 10.1 Å². The molecule has 1 fully saturated rings. The monoisotopic (exact) mass is 347 g/mol. The topological polar surface area (TPSA) is 61.9 Å². The zero-order valence-corrected chi connectivity index (χ0v) is 15.5. The summed E-state index contributed by atoms with van der Waals surface area (Å²) >= 11 is 0. The van der Waals surface area contributed by atoms with E-state index in [1.807, 2.05) is 24.3 Å². The molecule has 1 heterocycles. The van der Waals surface area contributed by atoms with Gasteiger partial charge in [-0.25, -0.2) is 4.79 Å². The van der Waals surface area contributed by atoms with Crippen molar-refractivity contribution in [2.24, 2.45) is 0 Å². The highest BCUT2D eigenvalue weighted by atomic mass is 16.5. The molecule has 1 atom stereocenters. The summed E-state index contributed by atoms with van der Waals surface area (Å²) in [5.41, 5.74) is 1.03. The number of benzene rings is 1. The second-order valence-electron chi connectivity index (χ2n) is 6.43. The number of urea groups is 1. The molecule has 0 spiro atoms. The van der Waals surface area contributed by atoms with Crippen molar-refractivity contribution in [2.75, 3.05) is 26.7 Å². The third kappa shape index (κ3) is 5.37. The lowest BCUT2D eigenvalue weighted by Gasteiger charge is -2.35. The second kappa shape index (κ2) is 9.30. The van der Waals surface area contributed by atoms with E-state index >= 15 is 0 Å². The van der Waals surface area contributed by atoms with Crippen LogP contribution in [0.4, 0.5) is 4.79 Å². The van der Waals surface area contributed by atoms with E-state index in [0.29, 0.717) is 19.6 Å². The molecule has 1 aromatic carbocycles. The summed E-state index contributed by atoms with van der Waals surface area (Å²) in [5, 5.41) is 3.04. The van der Waals surface area contributed by atoms with Gasteiger partial charge in [0, 0.05) is 25.7 Å². The number of carbonyl (C=O) groups excluding carboxylic acids is 2. The van der Waals surface area contributed by atoms with E-state index in [9.17, 15) is 9.59 Å². The molecule has 0 radical (unpaired) electrons. The molecule has 1 N–H and O–H groups in total. The minimum absolute atomic E-state index is 0.0206. The smallest absolute Gasteiger partial charge is 0.318 e. The van der Waals surface area contributed by atoms with Crippen LogP contribution in [0.3, 0.4) is 0 Å². The van der Waals surface area contributed by atoms with Gasteiger partial charge in [0.1, 0.15) is 12.3 Å². The van der Waals surface area contributed by atoms with Gasteiger partial charge >= 0.3 is 6.03 Å². The molecule has 1 aliphatic rings. The van der Waals surface area contributed by atoms with Crippen molar-refractivity contribution in [3.05, 3.63) is 29.8 Å². The van der Waals surface area contributed by atoms with Gasteiger partial charge in [-0.3, -0.25) is 4.79 Å². The van der Waals surface area contributed by atoms with Gasteiger partial charge in [0.25, 0.3) is 0 Å². The number of nitrogens with one attached hydrogen (secondary N) is 1. The molecule has 0 saturated carbocycles. The van der Waals surface area contributed by atoms with E-state index in [2.05, 4.69) is 19.2 Å². The molecule has 0 bridgehead atoms. The van der Waals surface area contributed by atoms with Crippen molar-refractivity contribution in [3.63, 3.8) is 0 Å². The lowest BCUT2D eigenvalue weighted by Crippen LogP contribution is -2.55. The Morgan fingerprint density at radius 1 is 1.32 bits per heavy atom. The van der Waals surface area contributed by atoms with Crippen LogP contribution in [0.5, 0.6) is 5.75 Å². The SMILES string of the molecule is CCCC(CC)NC(=O)N1CCN(Cc2cccc(OC)c2)C(=O)C1. The van der Waals surface area contributed by atoms with Crippen molar-refractivity contribution in [3.8, 4) is 5.75 Å². The summed E-state index contributed by atoms with van der Waals surface area (Å²) in [5.74, 6) is 0.761. The van der Waals surface area contributed by atoms with Crippen LogP contribution in [-0.2, 0) is 11.3 Å². The zero-order chi connectivity index (χ0) is 18.2. The van der Waals surface area contributed by atoms with E-state index in [1.165, 1.54) is 0 Å². The van der Waals surface area contributed by atoms with Gasteiger partial charge in [-0.15, -0.1) is 0 Å². The lowest BCUT2D eigenvalue weighted by molar-refractivity contribution is -0.135. The fraction of sp³-hybridized carbons (Fsp3) is 0.579. The first-order valence-corrected chi connectivity index (χ1v) is 9.03. The van der Waals surface area contributed by atoms with Gasteiger partial charge in [0.05, 0.1) is 7.11 Å². The van der Waals surface area contributed by atoms with Crippen LogP contribution in [0.25, 0.3) is 0 Å². The standard InChI is InChI=1S/C19H29N3O3/c1-4-7-16(5-2)20-19(24)22-11-10-21(18(23)14-22)13-15-8-6-9-17(12-15)25-3/h6,8-9,12,16H,4-5,7,10-11,13-14H2,1-3H3,(H,20,24). The largest absolute Gasteiger partial charge is 0.497 e. The van der Waals surface area contributed by atoms with Gasteiger partial charge in [-0.2, -0.15) is 0 Å². The van der Waals surface area contributed by atoms with Gasteiger partial charge < -0.3 is 19.9 Å². The Morgan fingerprint density at radius 3 is 2.76 bits per heavy atom. The van der Waals surface area contributed by atoms with Crippen molar-refractivity contribution >= 4 is 11.9 Å². The molecule has 1 aliphatic heterocycles. The van der Waals surface area contributed by atoms with Crippen LogP contribution in [0.1, 0.15) is 38.7 Å². The van der Waals surface area contributed by atoms with Gasteiger partial charge in [0.2, 0.25) is 5.91 Å². The molecule has 1 unspecified atom stereocenters. The van der Waals surface area contributed by atoms with Crippen molar-refractivity contribution < 1.29 is 14.3 Å². The maximum Gasteiger partial charge on any atom is 0.318 e. The molecule has 0 aliphatic carbocycles. The number of carbonyl (C=O) groups is 2. The highest BCUT2D eigenvalue weighted by Gasteiger charge is 2.27. The molecule has 3 amide bonds. The highest BCUT2D eigenvalue weighted by molar-refractivity contribution is 5.85. The maximum atomic E-state index is 12.4. The highest BCUT2D eigenvalue weighted by Crippen LogP contribution is 2.16. The normalized spacial score (nSPS) is 15.9. The number of nitrogens with zero attached hydrogens (tertiary/aromatic N) is 2. The van der Waals surface area contributed by atoms with Crippen molar-refractivity contribution in [1.29, 1.82) is 0 Å². The molecule has 25 heavy (non-hydrogen) atoms. The Morgan fingerprint density at radius 2 is 2.12 bits per heavy atom. The van der Waals surface area contributed by atoms with Crippen LogP contribution in [0.15, 0.2) is 24.3 Å². The minimum Gasteiger partial charge on any atom is -0.497 e. The molecule has 0 aromatic heterocycles. The molecular formula is C19H29N3O3. The third-order valence-electron chi connectivity index (χ3n) is 4.57. The summed E-state index contributed by atoms with van der Waals surface area (Å²) < 4.78 is 5.22. The number of amides is 3. The average Bonchev–Trinajstić information content (AvgIpc) is 2.63. The van der Waals surface area contributed by atoms with Gasteiger partial charge in [-0.05, 0) is 30.5 Å². The fourth-order valence-electron chi connectivity index (χ4n) is 3.03. The quantitative estimate of drug-likeness (QED) is 0.825. The van der Waals surface area contributed by atoms with Crippen LogP contribution in [-0.4, -0.2) is 54.5 Å². The molecule has 1 aromatic rings. The molecule has 2 rings (SSSR count). The first-order valence-electron chi connectivity index (χ1n) is 9.03. The number of rotatable bonds is 7. The number of piperazine rings is 1. The first-order chi connectivity index (χ1) is 12.1. The Labute approximate surface area is 150 Å². The predicted octanol–water partition coefficient (Wildman–Crippen LogP) is 2.63. The molecular weight excluding hydrogens is 318 g/mol. The summed E-state index contributed by atoms with van der Waals surface area (Å²) in [6, 6.07) is 7.76. The Bertz CT molecular complexity index is 591. The number of hydrogen-bond acceptors (Lipinski definition) is 3. The van der Waals surface area contributed by atoms with Gasteiger partial charge in [-0.1, -0.05) is 32.4 Å². The van der Waals surface area contributed by atoms with Crippen molar-refractivity contribution in [1.82, 2.24) is 15.1 Å². The van der Waals surface area contributed by atoms with Gasteiger partial charge in [0.15, 0.2) is 0 Å². The number of methoxy groups -OCH3 is 1. The molecule has 1 saturated heterocycles. The maximum absolute atomic E-state index is 12.4. The van der Waals surface area contributed by atoms with E-state index in [-0.39, 0.29) is 24.5 Å². The van der Waals surface area contributed by atoms with E-state index in [0.717, 1.165) is 30.6 Å². The Balaban J connectivity index is 1.89. The summed E-state index contributed by atoms with van der Waals surface area (Å²) in [6.45, 7) is 5.96. The average molecular weight is 347 g/mol.